The largest absolute Gasteiger partial charge is 0.345 e. The van der Waals surface area contributed by atoms with Gasteiger partial charge in [0.1, 0.15) is 5.82 Å². The van der Waals surface area contributed by atoms with Crippen molar-refractivity contribution in [3.63, 3.8) is 0 Å². The molecule has 2 aliphatic rings. The number of hydrogen-bond acceptors (Lipinski definition) is 4. The Hall–Kier alpha value is -2.64. The summed E-state index contributed by atoms with van der Waals surface area (Å²) in [5.74, 6) is 1.14. The molecular formula is C17H21N7O. The van der Waals surface area contributed by atoms with Crippen molar-refractivity contribution in [3.05, 3.63) is 24.3 Å². The fourth-order valence-electron chi connectivity index (χ4n) is 4.13. The van der Waals surface area contributed by atoms with E-state index < -0.39 is 0 Å². The van der Waals surface area contributed by atoms with Gasteiger partial charge in [-0.1, -0.05) is 0 Å². The Labute approximate surface area is 144 Å². The maximum Gasteiger partial charge on any atom is 0.320 e. The number of aromatic amines is 1. The summed E-state index contributed by atoms with van der Waals surface area (Å²) < 4.78 is 2.08. The Morgan fingerprint density at radius 1 is 1.12 bits per heavy atom. The number of fused-ring (bicyclic) bond motifs is 3. The smallest absolute Gasteiger partial charge is 0.320 e. The number of carbonyl (C=O) groups is 1. The molecule has 8 nitrogen and oxygen atoms in total. The van der Waals surface area contributed by atoms with Gasteiger partial charge in [-0.2, -0.15) is 0 Å². The third-order valence-electron chi connectivity index (χ3n) is 5.40. The first kappa shape index (κ1) is 14.7. The van der Waals surface area contributed by atoms with Gasteiger partial charge in [0, 0.05) is 38.3 Å². The van der Waals surface area contributed by atoms with Crippen LogP contribution in [0.1, 0.15) is 37.4 Å². The van der Waals surface area contributed by atoms with Gasteiger partial charge >= 0.3 is 6.03 Å². The van der Waals surface area contributed by atoms with Gasteiger partial charge in [-0.25, -0.2) is 9.78 Å². The molecule has 3 aromatic rings. The highest BCUT2D eigenvalue weighted by atomic mass is 16.2. The van der Waals surface area contributed by atoms with Gasteiger partial charge in [0.25, 0.3) is 0 Å². The molecule has 130 valence electrons. The summed E-state index contributed by atoms with van der Waals surface area (Å²) in [6.07, 6.45) is 7.89. The molecule has 1 N–H and O–H groups in total. The van der Waals surface area contributed by atoms with Crippen molar-refractivity contribution < 1.29 is 4.79 Å². The highest BCUT2D eigenvalue weighted by Crippen LogP contribution is 2.28. The number of urea groups is 1. The summed E-state index contributed by atoms with van der Waals surface area (Å²) in [5, 5.41) is 8.74. The monoisotopic (exact) mass is 339 g/mol. The second-order valence-corrected chi connectivity index (χ2v) is 6.98. The van der Waals surface area contributed by atoms with Crippen LogP contribution in [0.25, 0.3) is 16.8 Å². The van der Waals surface area contributed by atoms with Gasteiger partial charge in [0.05, 0.1) is 11.7 Å². The summed E-state index contributed by atoms with van der Waals surface area (Å²) in [6, 6.07) is 2.18. The van der Waals surface area contributed by atoms with Gasteiger partial charge in [-0.15, -0.1) is 10.2 Å². The van der Waals surface area contributed by atoms with Crippen LogP contribution in [0.5, 0.6) is 0 Å². The normalized spacial score (nSPS) is 21.5. The zero-order chi connectivity index (χ0) is 16.8. The minimum atomic E-state index is 0.185. The van der Waals surface area contributed by atoms with Crippen LogP contribution < -0.4 is 0 Å². The average Bonchev–Trinajstić information content (AvgIpc) is 3.39. The number of piperidine rings is 1. The van der Waals surface area contributed by atoms with E-state index in [1.54, 1.807) is 6.20 Å². The maximum absolute atomic E-state index is 12.7. The molecule has 5 rings (SSSR count). The summed E-state index contributed by atoms with van der Waals surface area (Å²) in [6.45, 7) is 3.33. The zero-order valence-corrected chi connectivity index (χ0v) is 14.1. The minimum Gasteiger partial charge on any atom is -0.345 e. The summed E-state index contributed by atoms with van der Waals surface area (Å²) in [5.41, 5.74) is 2.57. The topological polar surface area (TPSA) is 82.4 Å². The predicted octanol–water partition coefficient (Wildman–Crippen LogP) is 2.00. The van der Waals surface area contributed by atoms with Gasteiger partial charge in [0.2, 0.25) is 0 Å². The molecule has 2 amide bonds. The van der Waals surface area contributed by atoms with Crippen molar-refractivity contribution in [2.75, 3.05) is 26.2 Å². The molecule has 0 aromatic carbocycles. The molecule has 0 unspecified atom stereocenters. The van der Waals surface area contributed by atoms with E-state index in [4.69, 9.17) is 0 Å². The van der Waals surface area contributed by atoms with E-state index in [0.29, 0.717) is 6.54 Å². The van der Waals surface area contributed by atoms with E-state index in [1.165, 1.54) is 0 Å². The molecule has 0 saturated carbocycles. The number of likely N-dealkylation sites (tertiary alicyclic amines) is 2. The van der Waals surface area contributed by atoms with E-state index in [9.17, 15) is 4.79 Å². The highest BCUT2D eigenvalue weighted by molar-refractivity contribution is 5.75. The number of aromatic nitrogens is 5. The molecule has 5 heterocycles. The predicted molar refractivity (Wildman–Crippen MR) is 92.4 cm³/mol. The van der Waals surface area contributed by atoms with Crippen molar-refractivity contribution in [1.29, 1.82) is 0 Å². The van der Waals surface area contributed by atoms with Crippen LogP contribution in [-0.4, -0.2) is 66.6 Å². The van der Waals surface area contributed by atoms with E-state index >= 15 is 0 Å². The number of carbonyl (C=O) groups excluding carboxylic acids is 1. The standard InChI is InChI=1S/C17H21N7O/c25-17(22-7-1-2-8-22)23-9-3-4-12(11-23)16-21-20-14-10-19-15-13(24(14)16)5-6-18-15/h5-6,10,12,18H,1-4,7-9,11H2/t12-/m1/s1. The number of H-pyrrole nitrogens is 1. The van der Waals surface area contributed by atoms with E-state index in [-0.39, 0.29) is 11.9 Å². The van der Waals surface area contributed by atoms with Crippen LogP contribution in [0.2, 0.25) is 0 Å². The van der Waals surface area contributed by atoms with Crippen molar-refractivity contribution in [2.24, 2.45) is 0 Å². The molecule has 3 aromatic heterocycles. The van der Waals surface area contributed by atoms with Crippen LogP contribution >= 0.6 is 0 Å². The minimum absolute atomic E-state index is 0.185. The molecule has 0 spiro atoms. The first-order valence-corrected chi connectivity index (χ1v) is 9.02. The number of hydrogen-bond donors (Lipinski definition) is 1. The maximum atomic E-state index is 12.7. The van der Waals surface area contributed by atoms with Crippen molar-refractivity contribution in [3.8, 4) is 0 Å². The lowest BCUT2D eigenvalue weighted by molar-refractivity contribution is 0.146. The summed E-state index contributed by atoms with van der Waals surface area (Å²) in [4.78, 5) is 24.2. The van der Waals surface area contributed by atoms with Crippen molar-refractivity contribution in [1.82, 2.24) is 34.4 Å². The van der Waals surface area contributed by atoms with Crippen LogP contribution in [0, 0.1) is 0 Å². The Balaban J connectivity index is 1.47. The van der Waals surface area contributed by atoms with Gasteiger partial charge < -0.3 is 14.8 Å². The Morgan fingerprint density at radius 2 is 1.96 bits per heavy atom. The molecular weight excluding hydrogens is 318 g/mol. The molecule has 8 heteroatoms. The number of nitrogens with one attached hydrogen (secondary N) is 1. The van der Waals surface area contributed by atoms with Crippen molar-refractivity contribution in [2.45, 2.75) is 31.6 Å². The average molecular weight is 339 g/mol. The molecule has 0 bridgehead atoms. The van der Waals surface area contributed by atoms with E-state index in [1.807, 2.05) is 22.1 Å². The fraction of sp³-hybridized carbons (Fsp3) is 0.529. The first-order valence-electron chi connectivity index (χ1n) is 9.02. The first-order chi connectivity index (χ1) is 12.3. The molecule has 0 radical (unpaired) electrons. The molecule has 2 aliphatic heterocycles. The summed E-state index contributed by atoms with van der Waals surface area (Å²) in [7, 11) is 0. The van der Waals surface area contributed by atoms with Crippen LogP contribution in [-0.2, 0) is 0 Å². The second-order valence-electron chi connectivity index (χ2n) is 6.98. The SMILES string of the molecule is O=C(N1CCCC1)N1CCC[C@@H](c2nnc3cnc4[nH]ccc4n23)C1. The third kappa shape index (κ3) is 2.35. The molecule has 1 atom stereocenters. The number of rotatable bonds is 1. The molecule has 0 aliphatic carbocycles. The van der Waals surface area contributed by atoms with Gasteiger partial charge in [-0.05, 0) is 31.7 Å². The number of nitrogens with zero attached hydrogens (tertiary/aromatic N) is 6. The molecule has 2 saturated heterocycles. The van der Waals surface area contributed by atoms with Crippen LogP contribution in [0.4, 0.5) is 4.79 Å². The van der Waals surface area contributed by atoms with Gasteiger partial charge in [0.15, 0.2) is 11.3 Å². The molecule has 2 fully saturated rings. The quantitative estimate of drug-likeness (QED) is 0.735. The van der Waals surface area contributed by atoms with Crippen molar-refractivity contribution >= 4 is 22.8 Å². The van der Waals surface area contributed by atoms with Gasteiger partial charge in [-0.3, -0.25) is 4.40 Å². The highest BCUT2D eigenvalue weighted by Gasteiger charge is 2.31. The number of amides is 2. The van der Waals surface area contributed by atoms with Crippen LogP contribution in [0.15, 0.2) is 18.5 Å². The lowest BCUT2D eigenvalue weighted by atomic mass is 9.97. The lowest BCUT2D eigenvalue weighted by Crippen LogP contribution is -2.46. The second kappa shape index (κ2) is 5.72. The Bertz CT molecular complexity index is 924. The Kier molecular flexibility index (Phi) is 3.36. The molecule has 25 heavy (non-hydrogen) atoms. The third-order valence-corrected chi connectivity index (χ3v) is 5.40. The lowest BCUT2D eigenvalue weighted by Gasteiger charge is -2.34. The van der Waals surface area contributed by atoms with E-state index in [2.05, 4.69) is 24.6 Å². The summed E-state index contributed by atoms with van der Waals surface area (Å²) >= 11 is 0. The van der Waals surface area contributed by atoms with Crippen LogP contribution in [0.3, 0.4) is 0 Å². The fourth-order valence-corrected chi connectivity index (χ4v) is 4.13. The Morgan fingerprint density at radius 3 is 2.84 bits per heavy atom. The van der Waals surface area contributed by atoms with E-state index in [0.717, 1.165) is 68.0 Å². The zero-order valence-electron chi connectivity index (χ0n) is 14.1.